The summed E-state index contributed by atoms with van der Waals surface area (Å²) in [5, 5.41) is 9.02. The van der Waals surface area contributed by atoms with Crippen molar-refractivity contribution in [1.82, 2.24) is 4.90 Å². The summed E-state index contributed by atoms with van der Waals surface area (Å²) in [6.45, 7) is 0.773. The molecule has 0 radical (unpaired) electrons. The highest BCUT2D eigenvalue weighted by molar-refractivity contribution is 5.88. The van der Waals surface area contributed by atoms with Gasteiger partial charge in [-0.1, -0.05) is 24.3 Å². The van der Waals surface area contributed by atoms with E-state index in [1.54, 1.807) is 24.1 Å². The van der Waals surface area contributed by atoms with Crippen LogP contribution in [0.15, 0.2) is 48.5 Å². The topological polar surface area (TPSA) is 76.1 Å². The quantitative estimate of drug-likeness (QED) is 0.902. The zero-order valence-corrected chi connectivity index (χ0v) is 13.8. The highest BCUT2D eigenvalue weighted by atomic mass is 16.6. The lowest BCUT2D eigenvalue weighted by Crippen LogP contribution is -2.42. The van der Waals surface area contributed by atoms with E-state index in [1.807, 2.05) is 24.3 Å². The lowest BCUT2D eigenvalue weighted by Gasteiger charge is -2.29. The number of carboxylic acids is 1. The van der Waals surface area contributed by atoms with E-state index >= 15 is 0 Å². The van der Waals surface area contributed by atoms with E-state index in [1.165, 1.54) is 12.1 Å². The van der Waals surface area contributed by atoms with E-state index in [0.29, 0.717) is 30.2 Å². The number of amides is 1. The van der Waals surface area contributed by atoms with Gasteiger partial charge in [0.25, 0.3) is 0 Å². The molecule has 1 atom stereocenters. The number of nitrogens with zero attached hydrogens (tertiary/aromatic N) is 1. The van der Waals surface area contributed by atoms with Gasteiger partial charge in [-0.25, -0.2) is 4.79 Å². The summed E-state index contributed by atoms with van der Waals surface area (Å²) in [6, 6.07) is 13.8. The molecule has 0 unspecified atom stereocenters. The number of carbonyl (C=O) groups excluding carboxylic acids is 1. The first-order chi connectivity index (χ1) is 12.0. The van der Waals surface area contributed by atoms with Crippen LogP contribution < -0.4 is 9.47 Å². The average molecular weight is 341 g/mol. The zero-order chi connectivity index (χ0) is 17.8. The van der Waals surface area contributed by atoms with Crippen LogP contribution in [-0.4, -0.2) is 48.2 Å². The van der Waals surface area contributed by atoms with E-state index in [0.717, 1.165) is 0 Å². The molecule has 1 N–H and O–H groups in total. The summed E-state index contributed by atoms with van der Waals surface area (Å²) in [4.78, 5) is 25.0. The summed E-state index contributed by atoms with van der Waals surface area (Å²) >= 11 is 0. The Kier molecular flexibility index (Phi) is 4.88. The monoisotopic (exact) mass is 341 g/mol. The molecule has 0 aliphatic carbocycles. The van der Waals surface area contributed by atoms with E-state index in [4.69, 9.17) is 14.6 Å². The molecule has 3 rings (SSSR count). The van der Waals surface area contributed by atoms with E-state index in [9.17, 15) is 9.59 Å². The number of aromatic carboxylic acids is 1. The van der Waals surface area contributed by atoms with Gasteiger partial charge in [-0.15, -0.1) is 0 Å². The number of carboxylic acid groups (broad SMARTS) is 1. The molecule has 0 fully saturated rings. The molecule has 0 saturated carbocycles. The molecule has 2 aromatic carbocycles. The molecule has 0 bridgehead atoms. The van der Waals surface area contributed by atoms with Crippen LogP contribution in [-0.2, 0) is 11.2 Å². The summed E-state index contributed by atoms with van der Waals surface area (Å²) < 4.78 is 11.5. The van der Waals surface area contributed by atoms with Crippen molar-refractivity contribution >= 4 is 11.9 Å². The van der Waals surface area contributed by atoms with E-state index in [2.05, 4.69) is 0 Å². The van der Waals surface area contributed by atoms with Gasteiger partial charge in [0.05, 0.1) is 18.5 Å². The maximum atomic E-state index is 12.4. The predicted octanol–water partition coefficient (Wildman–Crippen LogP) is 2.23. The Morgan fingerprint density at radius 2 is 1.92 bits per heavy atom. The highest BCUT2D eigenvalue weighted by Gasteiger charge is 2.23. The van der Waals surface area contributed by atoms with Crippen LogP contribution in [0.2, 0.25) is 0 Å². The van der Waals surface area contributed by atoms with Crippen LogP contribution in [0, 0.1) is 0 Å². The van der Waals surface area contributed by atoms with Crippen molar-refractivity contribution in [1.29, 1.82) is 0 Å². The Morgan fingerprint density at radius 3 is 2.68 bits per heavy atom. The molecule has 25 heavy (non-hydrogen) atoms. The normalized spacial score (nSPS) is 15.5. The maximum Gasteiger partial charge on any atom is 0.335 e. The molecule has 0 saturated heterocycles. The average Bonchev–Trinajstić information content (AvgIpc) is 2.61. The molecule has 0 spiro atoms. The largest absolute Gasteiger partial charge is 0.486 e. The standard InChI is InChI=1S/C19H19NO5/c1-20(11-15-12-24-16-7-2-3-8-17(16)25-15)18(21)10-13-5-4-6-14(9-13)19(22)23/h2-9,15H,10-12H2,1H3,(H,22,23)/t15-/m1/s1. The fourth-order valence-corrected chi connectivity index (χ4v) is 2.68. The van der Waals surface area contributed by atoms with Crippen molar-refractivity contribution in [2.45, 2.75) is 12.5 Å². The first-order valence-electron chi connectivity index (χ1n) is 7.97. The summed E-state index contributed by atoms with van der Waals surface area (Å²) in [7, 11) is 1.70. The lowest BCUT2D eigenvalue weighted by molar-refractivity contribution is -0.130. The van der Waals surface area contributed by atoms with Crippen molar-refractivity contribution in [3.05, 3.63) is 59.7 Å². The third kappa shape index (κ3) is 4.09. The van der Waals surface area contributed by atoms with Gasteiger partial charge >= 0.3 is 5.97 Å². The second kappa shape index (κ2) is 7.25. The molecule has 1 aliphatic heterocycles. The number of rotatable bonds is 5. The van der Waals surface area contributed by atoms with Gasteiger partial charge in [-0.05, 0) is 29.8 Å². The van der Waals surface area contributed by atoms with E-state index < -0.39 is 5.97 Å². The van der Waals surface area contributed by atoms with Crippen molar-refractivity contribution in [2.75, 3.05) is 20.2 Å². The fourth-order valence-electron chi connectivity index (χ4n) is 2.68. The predicted molar refractivity (Wildman–Crippen MR) is 91.1 cm³/mol. The van der Waals surface area contributed by atoms with Gasteiger partial charge in [0.15, 0.2) is 17.6 Å². The van der Waals surface area contributed by atoms with E-state index in [-0.39, 0.29) is 24.0 Å². The third-order valence-electron chi connectivity index (χ3n) is 4.00. The molecular weight excluding hydrogens is 322 g/mol. The number of hydrogen-bond acceptors (Lipinski definition) is 4. The highest BCUT2D eigenvalue weighted by Crippen LogP contribution is 2.30. The molecule has 6 heteroatoms. The van der Waals surface area contributed by atoms with Gasteiger partial charge < -0.3 is 19.5 Å². The molecular formula is C19H19NO5. The van der Waals surface area contributed by atoms with Crippen LogP contribution >= 0.6 is 0 Å². The first-order valence-corrected chi connectivity index (χ1v) is 7.97. The molecule has 0 aromatic heterocycles. The third-order valence-corrected chi connectivity index (χ3v) is 4.00. The number of fused-ring (bicyclic) bond motifs is 1. The molecule has 130 valence electrons. The van der Waals surface area contributed by atoms with Crippen LogP contribution in [0.1, 0.15) is 15.9 Å². The SMILES string of the molecule is CN(C[C@@H]1COc2ccccc2O1)C(=O)Cc1cccc(C(=O)O)c1. The number of carbonyl (C=O) groups is 2. The van der Waals surface area contributed by atoms with Gasteiger partial charge in [0.2, 0.25) is 5.91 Å². The number of hydrogen-bond donors (Lipinski definition) is 1. The van der Waals surface area contributed by atoms with Gasteiger partial charge in [-0.2, -0.15) is 0 Å². The summed E-state index contributed by atoms with van der Waals surface area (Å²) in [5.41, 5.74) is 0.844. The second-order valence-electron chi connectivity index (χ2n) is 5.95. The Hall–Kier alpha value is -3.02. The maximum absolute atomic E-state index is 12.4. The van der Waals surface area contributed by atoms with Crippen molar-refractivity contribution < 1.29 is 24.2 Å². The minimum atomic E-state index is -1.01. The Balaban J connectivity index is 1.58. The van der Waals surface area contributed by atoms with Crippen molar-refractivity contribution in [3.63, 3.8) is 0 Å². The fraction of sp³-hybridized carbons (Fsp3) is 0.263. The minimum absolute atomic E-state index is 0.106. The van der Waals surface area contributed by atoms with Crippen molar-refractivity contribution in [2.24, 2.45) is 0 Å². The molecule has 2 aromatic rings. The Bertz CT molecular complexity index is 789. The second-order valence-corrected chi connectivity index (χ2v) is 5.95. The lowest BCUT2D eigenvalue weighted by atomic mass is 10.1. The Labute approximate surface area is 145 Å². The molecule has 1 aliphatic rings. The van der Waals surface area contributed by atoms with Gasteiger partial charge in [0, 0.05) is 7.05 Å². The summed E-state index contributed by atoms with van der Waals surface area (Å²) in [5.74, 6) is 0.269. The molecule has 1 amide bonds. The summed E-state index contributed by atoms with van der Waals surface area (Å²) in [6.07, 6.45) is -0.101. The van der Waals surface area contributed by atoms with Crippen LogP contribution in [0.5, 0.6) is 11.5 Å². The van der Waals surface area contributed by atoms with Crippen LogP contribution in [0.25, 0.3) is 0 Å². The number of para-hydroxylation sites is 2. The number of likely N-dealkylation sites (N-methyl/N-ethyl adjacent to an activating group) is 1. The zero-order valence-electron chi connectivity index (χ0n) is 13.8. The van der Waals surface area contributed by atoms with Crippen LogP contribution in [0.3, 0.4) is 0 Å². The molecule has 1 heterocycles. The number of ether oxygens (including phenoxy) is 2. The minimum Gasteiger partial charge on any atom is -0.486 e. The first kappa shape index (κ1) is 16.8. The molecule has 6 nitrogen and oxygen atoms in total. The van der Waals surface area contributed by atoms with Gasteiger partial charge in [-0.3, -0.25) is 4.79 Å². The van der Waals surface area contributed by atoms with Gasteiger partial charge in [0.1, 0.15) is 6.61 Å². The number of benzene rings is 2. The van der Waals surface area contributed by atoms with Crippen molar-refractivity contribution in [3.8, 4) is 11.5 Å². The Morgan fingerprint density at radius 1 is 1.16 bits per heavy atom. The van der Waals surface area contributed by atoms with Crippen LogP contribution in [0.4, 0.5) is 0 Å². The smallest absolute Gasteiger partial charge is 0.335 e.